The summed E-state index contributed by atoms with van der Waals surface area (Å²) in [6.45, 7) is 1.67. The lowest BCUT2D eigenvalue weighted by Crippen LogP contribution is -2.35. The zero-order chi connectivity index (χ0) is 11.7. The van der Waals surface area contributed by atoms with E-state index in [4.69, 9.17) is 4.52 Å². The summed E-state index contributed by atoms with van der Waals surface area (Å²) in [6, 6.07) is 7.48. The minimum absolute atomic E-state index is 0.00495. The van der Waals surface area contributed by atoms with Crippen LogP contribution in [-0.4, -0.2) is 29.1 Å². The summed E-state index contributed by atoms with van der Waals surface area (Å²) in [7, 11) is 0. The summed E-state index contributed by atoms with van der Waals surface area (Å²) in [6.07, 6.45) is 3.38. The first-order chi connectivity index (χ1) is 8.36. The molecule has 1 aliphatic rings. The van der Waals surface area contributed by atoms with Crippen molar-refractivity contribution in [2.24, 2.45) is 0 Å². The molecule has 17 heavy (non-hydrogen) atoms. The second kappa shape index (κ2) is 4.20. The van der Waals surface area contributed by atoms with Crippen molar-refractivity contribution in [1.29, 1.82) is 0 Å². The number of rotatable bonds is 1. The number of benzene rings is 1. The Morgan fingerprint density at radius 1 is 1.18 bits per heavy atom. The second-order valence-electron chi connectivity index (χ2n) is 4.38. The highest BCUT2D eigenvalue weighted by Crippen LogP contribution is 2.20. The van der Waals surface area contributed by atoms with Crippen molar-refractivity contribution in [2.75, 3.05) is 13.1 Å². The molecule has 0 spiro atoms. The van der Waals surface area contributed by atoms with E-state index in [2.05, 4.69) is 5.16 Å². The molecule has 2 aromatic rings. The number of amides is 1. The van der Waals surface area contributed by atoms with Crippen LogP contribution in [0, 0.1) is 0 Å². The van der Waals surface area contributed by atoms with Crippen molar-refractivity contribution < 1.29 is 9.32 Å². The van der Waals surface area contributed by atoms with Gasteiger partial charge in [0.1, 0.15) is 0 Å². The highest BCUT2D eigenvalue weighted by atomic mass is 16.5. The molecule has 0 aliphatic carbocycles. The maximum Gasteiger partial charge on any atom is 0.276 e. The molecule has 0 N–H and O–H groups in total. The Morgan fingerprint density at radius 3 is 2.76 bits per heavy atom. The number of para-hydroxylation sites is 1. The first-order valence-corrected chi connectivity index (χ1v) is 6.00. The Morgan fingerprint density at radius 2 is 1.94 bits per heavy atom. The largest absolute Gasteiger partial charge is 0.355 e. The van der Waals surface area contributed by atoms with Crippen molar-refractivity contribution in [3.05, 3.63) is 30.0 Å². The minimum atomic E-state index is -0.00495. The quantitative estimate of drug-likeness (QED) is 0.756. The van der Waals surface area contributed by atoms with Gasteiger partial charge >= 0.3 is 0 Å². The standard InChI is InChI=1S/C13H14N2O2/c16-13(15-8-4-1-5-9-15)12-10-6-2-3-7-11(10)17-14-12/h2-3,6-7H,1,4-5,8-9H2. The Hall–Kier alpha value is -1.84. The summed E-state index contributed by atoms with van der Waals surface area (Å²) in [4.78, 5) is 14.1. The van der Waals surface area contributed by atoms with Gasteiger partial charge in [-0.3, -0.25) is 4.79 Å². The number of aromatic nitrogens is 1. The molecular weight excluding hydrogens is 216 g/mol. The van der Waals surface area contributed by atoms with E-state index in [1.807, 2.05) is 29.2 Å². The molecule has 0 bridgehead atoms. The fraction of sp³-hybridized carbons (Fsp3) is 0.385. The van der Waals surface area contributed by atoms with Crippen molar-refractivity contribution in [1.82, 2.24) is 10.1 Å². The van der Waals surface area contributed by atoms with Crippen LogP contribution in [0.5, 0.6) is 0 Å². The van der Waals surface area contributed by atoms with E-state index < -0.39 is 0 Å². The van der Waals surface area contributed by atoms with Crippen LogP contribution in [0.3, 0.4) is 0 Å². The molecule has 1 aromatic heterocycles. The summed E-state index contributed by atoms with van der Waals surface area (Å²) in [5.74, 6) is -0.00495. The molecular formula is C13H14N2O2. The van der Waals surface area contributed by atoms with Gasteiger partial charge in [-0.15, -0.1) is 0 Å². The highest BCUT2D eigenvalue weighted by molar-refractivity contribution is 6.03. The monoisotopic (exact) mass is 230 g/mol. The third-order valence-corrected chi connectivity index (χ3v) is 3.22. The number of piperidine rings is 1. The van der Waals surface area contributed by atoms with Crippen LogP contribution in [0.2, 0.25) is 0 Å². The lowest BCUT2D eigenvalue weighted by molar-refractivity contribution is 0.0716. The fourth-order valence-corrected chi connectivity index (χ4v) is 2.29. The predicted octanol–water partition coefficient (Wildman–Crippen LogP) is 2.45. The summed E-state index contributed by atoms with van der Waals surface area (Å²) < 4.78 is 5.16. The van der Waals surface area contributed by atoms with Crippen LogP contribution in [0.4, 0.5) is 0 Å². The van der Waals surface area contributed by atoms with Gasteiger partial charge in [0, 0.05) is 13.1 Å². The average Bonchev–Trinajstić information content (AvgIpc) is 2.83. The third kappa shape index (κ3) is 1.79. The molecule has 2 heterocycles. The molecule has 0 radical (unpaired) electrons. The lowest BCUT2D eigenvalue weighted by atomic mass is 10.1. The summed E-state index contributed by atoms with van der Waals surface area (Å²) in [5, 5.41) is 4.71. The van der Waals surface area contributed by atoms with E-state index in [0.29, 0.717) is 11.3 Å². The maximum atomic E-state index is 12.3. The molecule has 3 rings (SSSR count). The minimum Gasteiger partial charge on any atom is -0.355 e. The molecule has 1 saturated heterocycles. The van der Waals surface area contributed by atoms with Crippen LogP contribution in [0.15, 0.2) is 28.8 Å². The molecule has 0 unspecified atom stereocenters. The molecule has 0 atom stereocenters. The lowest BCUT2D eigenvalue weighted by Gasteiger charge is -2.25. The van der Waals surface area contributed by atoms with Crippen molar-refractivity contribution in [3.63, 3.8) is 0 Å². The van der Waals surface area contributed by atoms with Gasteiger partial charge in [0.05, 0.1) is 5.39 Å². The third-order valence-electron chi connectivity index (χ3n) is 3.22. The molecule has 1 aromatic carbocycles. The average molecular weight is 230 g/mol. The Balaban J connectivity index is 1.95. The molecule has 1 aliphatic heterocycles. The second-order valence-corrected chi connectivity index (χ2v) is 4.38. The normalized spacial score (nSPS) is 16.4. The van der Waals surface area contributed by atoms with Gasteiger partial charge in [-0.05, 0) is 31.4 Å². The molecule has 1 fully saturated rings. The zero-order valence-electron chi connectivity index (χ0n) is 9.56. The molecule has 88 valence electrons. The topological polar surface area (TPSA) is 46.3 Å². The van der Waals surface area contributed by atoms with Crippen molar-refractivity contribution in [3.8, 4) is 0 Å². The van der Waals surface area contributed by atoms with Gasteiger partial charge in [-0.25, -0.2) is 0 Å². The van der Waals surface area contributed by atoms with Gasteiger partial charge < -0.3 is 9.42 Å². The van der Waals surface area contributed by atoms with Crippen molar-refractivity contribution >= 4 is 16.9 Å². The molecule has 0 saturated carbocycles. The zero-order valence-corrected chi connectivity index (χ0v) is 9.56. The molecule has 4 heteroatoms. The van der Waals surface area contributed by atoms with Crippen LogP contribution < -0.4 is 0 Å². The van der Waals surface area contributed by atoms with Gasteiger partial charge in [-0.1, -0.05) is 17.3 Å². The highest BCUT2D eigenvalue weighted by Gasteiger charge is 2.23. The van der Waals surface area contributed by atoms with Crippen LogP contribution >= 0.6 is 0 Å². The van der Waals surface area contributed by atoms with E-state index >= 15 is 0 Å². The number of hydrogen-bond donors (Lipinski definition) is 0. The number of fused-ring (bicyclic) bond motifs is 1. The van der Waals surface area contributed by atoms with Gasteiger partial charge in [-0.2, -0.15) is 0 Å². The predicted molar refractivity (Wildman–Crippen MR) is 63.8 cm³/mol. The summed E-state index contributed by atoms with van der Waals surface area (Å²) in [5.41, 5.74) is 1.12. The number of carbonyl (C=O) groups is 1. The first kappa shape index (κ1) is 10.3. The molecule has 1 amide bonds. The number of carbonyl (C=O) groups excluding carboxylic acids is 1. The summed E-state index contributed by atoms with van der Waals surface area (Å²) >= 11 is 0. The Kier molecular flexibility index (Phi) is 2.55. The van der Waals surface area contributed by atoms with Crippen LogP contribution in [-0.2, 0) is 0 Å². The SMILES string of the molecule is O=C(c1noc2ccccc12)N1CCCCC1. The van der Waals surface area contributed by atoms with Gasteiger partial charge in [0.25, 0.3) is 5.91 Å². The Bertz CT molecular complexity index is 541. The first-order valence-electron chi connectivity index (χ1n) is 6.00. The number of nitrogens with zero attached hydrogens (tertiary/aromatic N) is 2. The van der Waals surface area contributed by atoms with E-state index in [-0.39, 0.29) is 5.91 Å². The van der Waals surface area contributed by atoms with Gasteiger partial charge in [0.2, 0.25) is 0 Å². The van der Waals surface area contributed by atoms with Crippen LogP contribution in [0.25, 0.3) is 11.0 Å². The van der Waals surface area contributed by atoms with E-state index in [1.54, 1.807) is 0 Å². The van der Waals surface area contributed by atoms with E-state index in [9.17, 15) is 4.79 Å². The van der Waals surface area contributed by atoms with Crippen LogP contribution in [0.1, 0.15) is 29.8 Å². The number of likely N-dealkylation sites (tertiary alicyclic amines) is 1. The van der Waals surface area contributed by atoms with Crippen molar-refractivity contribution in [2.45, 2.75) is 19.3 Å². The smallest absolute Gasteiger partial charge is 0.276 e. The fourth-order valence-electron chi connectivity index (χ4n) is 2.29. The van der Waals surface area contributed by atoms with E-state index in [1.165, 1.54) is 6.42 Å². The Labute approximate surface area is 99.2 Å². The number of hydrogen-bond acceptors (Lipinski definition) is 3. The van der Waals surface area contributed by atoms with Gasteiger partial charge in [0.15, 0.2) is 11.3 Å². The van der Waals surface area contributed by atoms with E-state index in [0.717, 1.165) is 31.3 Å². The maximum absolute atomic E-state index is 12.3. The molecule has 4 nitrogen and oxygen atoms in total.